The Labute approximate surface area is 65.9 Å². The second-order valence-corrected chi connectivity index (χ2v) is 2.85. The molecule has 2 rings (SSSR count). The van der Waals surface area contributed by atoms with E-state index >= 15 is 0 Å². The molecule has 1 heterocycles. The first-order chi connectivity index (χ1) is 4.86. The molecule has 2 nitrogen and oxygen atoms in total. The molecule has 2 aromatic rings. The highest BCUT2D eigenvalue weighted by molar-refractivity contribution is 9.10. The predicted molar refractivity (Wildman–Crippen MR) is 40.5 cm³/mol. The lowest BCUT2D eigenvalue weighted by Gasteiger charge is -1.85. The Bertz CT molecular complexity index is 355. The van der Waals surface area contributed by atoms with Gasteiger partial charge in [-0.3, -0.25) is 0 Å². The summed E-state index contributed by atoms with van der Waals surface area (Å²) >= 11 is 3.32. The molecule has 0 amide bonds. The van der Waals surface area contributed by atoms with E-state index in [1.807, 2.05) is 18.2 Å². The lowest BCUT2D eigenvalue weighted by atomic mass is 10.3. The predicted octanol–water partition coefficient (Wildman–Crippen LogP) is 2.39. The molecule has 0 unspecified atom stereocenters. The van der Waals surface area contributed by atoms with Gasteiger partial charge >= 0.3 is 0 Å². The van der Waals surface area contributed by atoms with Crippen LogP contribution in [0.1, 0.15) is 0 Å². The molecular formula is C7H3BrNO. The summed E-state index contributed by atoms with van der Waals surface area (Å²) in [5.74, 6) is 0. The zero-order valence-corrected chi connectivity index (χ0v) is 6.55. The van der Waals surface area contributed by atoms with Crippen LogP contribution < -0.4 is 0 Å². The van der Waals surface area contributed by atoms with Crippen LogP contribution in [-0.4, -0.2) is 5.16 Å². The number of aromatic nitrogens is 1. The van der Waals surface area contributed by atoms with Crippen molar-refractivity contribution in [2.45, 2.75) is 0 Å². The molecule has 0 saturated heterocycles. The second-order valence-electron chi connectivity index (χ2n) is 1.93. The number of nitrogens with zero attached hydrogens (tertiary/aromatic N) is 1. The largest absolute Gasteiger partial charge is 0.356 e. The van der Waals surface area contributed by atoms with Gasteiger partial charge in [-0.15, -0.1) is 0 Å². The zero-order valence-electron chi connectivity index (χ0n) is 4.97. The van der Waals surface area contributed by atoms with Crippen LogP contribution in [0, 0.1) is 6.20 Å². The van der Waals surface area contributed by atoms with Gasteiger partial charge in [-0.25, -0.2) is 0 Å². The molecule has 1 aromatic heterocycles. The van der Waals surface area contributed by atoms with Gasteiger partial charge in [0, 0.05) is 4.47 Å². The Balaban J connectivity index is 2.86. The highest BCUT2D eigenvalue weighted by Gasteiger charge is 1.96. The summed E-state index contributed by atoms with van der Waals surface area (Å²) in [5, 5.41) is 4.43. The van der Waals surface area contributed by atoms with Crippen molar-refractivity contribution in [2.24, 2.45) is 0 Å². The Morgan fingerprint density at radius 3 is 3.30 bits per heavy atom. The molecule has 1 aromatic carbocycles. The fourth-order valence-corrected chi connectivity index (χ4v) is 1.13. The lowest BCUT2D eigenvalue weighted by molar-refractivity contribution is 0.454. The van der Waals surface area contributed by atoms with Crippen LogP contribution >= 0.6 is 15.9 Å². The summed E-state index contributed by atoms with van der Waals surface area (Å²) in [4.78, 5) is 0. The highest BCUT2D eigenvalue weighted by atomic mass is 79.9. The van der Waals surface area contributed by atoms with Gasteiger partial charge in [0.05, 0.1) is 5.39 Å². The molecule has 0 fully saturated rings. The van der Waals surface area contributed by atoms with Crippen molar-refractivity contribution in [3.05, 3.63) is 28.9 Å². The van der Waals surface area contributed by atoms with E-state index in [0.29, 0.717) is 0 Å². The van der Waals surface area contributed by atoms with Crippen molar-refractivity contribution < 1.29 is 4.52 Å². The van der Waals surface area contributed by atoms with E-state index in [9.17, 15) is 0 Å². The summed E-state index contributed by atoms with van der Waals surface area (Å²) < 4.78 is 5.85. The molecule has 0 N–H and O–H groups in total. The minimum Gasteiger partial charge on any atom is -0.356 e. The van der Waals surface area contributed by atoms with Crippen molar-refractivity contribution in [1.82, 2.24) is 5.16 Å². The van der Waals surface area contributed by atoms with E-state index in [4.69, 9.17) is 4.52 Å². The van der Waals surface area contributed by atoms with Crippen molar-refractivity contribution >= 4 is 26.9 Å². The number of hydrogen-bond donors (Lipinski definition) is 0. The molecule has 10 heavy (non-hydrogen) atoms. The van der Waals surface area contributed by atoms with E-state index in [2.05, 4.69) is 27.3 Å². The molecule has 3 heteroatoms. The van der Waals surface area contributed by atoms with Crippen LogP contribution in [0.25, 0.3) is 11.0 Å². The topological polar surface area (TPSA) is 26.0 Å². The van der Waals surface area contributed by atoms with E-state index in [1.54, 1.807) is 0 Å². The smallest absolute Gasteiger partial charge is 0.168 e. The molecule has 0 aliphatic rings. The van der Waals surface area contributed by atoms with Crippen molar-refractivity contribution in [1.29, 1.82) is 0 Å². The van der Waals surface area contributed by atoms with Crippen molar-refractivity contribution in [3.8, 4) is 0 Å². The van der Waals surface area contributed by atoms with Crippen LogP contribution in [0.2, 0.25) is 0 Å². The number of benzene rings is 1. The van der Waals surface area contributed by atoms with Crippen LogP contribution in [0.3, 0.4) is 0 Å². The Hall–Kier alpha value is -0.830. The molecule has 49 valence electrons. The van der Waals surface area contributed by atoms with Gasteiger partial charge in [0.15, 0.2) is 5.58 Å². The maximum absolute atomic E-state index is 4.86. The number of halogens is 1. The summed E-state index contributed by atoms with van der Waals surface area (Å²) in [7, 11) is 0. The van der Waals surface area contributed by atoms with E-state index in [1.165, 1.54) is 0 Å². The quantitative estimate of drug-likeness (QED) is 0.647. The average Bonchev–Trinajstić information content (AvgIpc) is 2.33. The summed E-state index contributed by atoms with van der Waals surface area (Å²) in [6, 6.07) is 5.69. The SMILES string of the molecule is Brc1ccc2[c]noc2c1. The molecule has 0 saturated carbocycles. The van der Waals surface area contributed by atoms with E-state index < -0.39 is 0 Å². The number of fused-ring (bicyclic) bond motifs is 1. The second kappa shape index (κ2) is 2.09. The van der Waals surface area contributed by atoms with Crippen LogP contribution in [-0.2, 0) is 0 Å². The van der Waals surface area contributed by atoms with Crippen LogP contribution in [0.15, 0.2) is 27.2 Å². The molecule has 0 aliphatic heterocycles. The third-order valence-corrected chi connectivity index (χ3v) is 1.75. The third-order valence-electron chi connectivity index (χ3n) is 1.25. The maximum Gasteiger partial charge on any atom is 0.168 e. The standard InChI is InChI=1S/C7H3BrNO/c8-6-2-1-5-4-9-10-7(5)3-6/h1-3H. The first kappa shape index (κ1) is 5.92. The minimum atomic E-state index is 0.759. The van der Waals surface area contributed by atoms with Crippen molar-refractivity contribution in [3.63, 3.8) is 0 Å². The summed E-state index contributed by atoms with van der Waals surface area (Å²) in [6.07, 6.45) is 2.71. The molecule has 0 bridgehead atoms. The molecule has 1 radical (unpaired) electrons. The fraction of sp³-hybridized carbons (Fsp3) is 0. The third kappa shape index (κ3) is 0.827. The van der Waals surface area contributed by atoms with E-state index in [-0.39, 0.29) is 0 Å². The first-order valence-electron chi connectivity index (χ1n) is 2.79. The van der Waals surface area contributed by atoms with Gasteiger partial charge in [-0.1, -0.05) is 21.1 Å². The van der Waals surface area contributed by atoms with Gasteiger partial charge in [0.2, 0.25) is 0 Å². The average molecular weight is 197 g/mol. The first-order valence-corrected chi connectivity index (χ1v) is 3.58. The summed E-state index contributed by atoms with van der Waals surface area (Å²) in [5.41, 5.74) is 0.759. The van der Waals surface area contributed by atoms with Gasteiger partial charge in [0.25, 0.3) is 0 Å². The Morgan fingerprint density at radius 1 is 1.50 bits per heavy atom. The van der Waals surface area contributed by atoms with E-state index in [0.717, 1.165) is 15.4 Å². The molecule has 0 aliphatic carbocycles. The number of rotatable bonds is 0. The Kier molecular flexibility index (Phi) is 1.24. The zero-order chi connectivity index (χ0) is 6.97. The molecule has 0 atom stereocenters. The molecular weight excluding hydrogens is 194 g/mol. The molecule has 0 spiro atoms. The Morgan fingerprint density at radius 2 is 2.40 bits per heavy atom. The van der Waals surface area contributed by atoms with Gasteiger partial charge < -0.3 is 4.52 Å². The normalized spacial score (nSPS) is 10.5. The van der Waals surface area contributed by atoms with Gasteiger partial charge in [-0.2, -0.15) is 0 Å². The van der Waals surface area contributed by atoms with Crippen LogP contribution in [0.4, 0.5) is 0 Å². The minimum absolute atomic E-state index is 0.759. The monoisotopic (exact) mass is 196 g/mol. The highest BCUT2D eigenvalue weighted by Crippen LogP contribution is 2.17. The lowest BCUT2D eigenvalue weighted by Crippen LogP contribution is -1.63. The summed E-state index contributed by atoms with van der Waals surface area (Å²) in [6.45, 7) is 0. The number of hydrogen-bond acceptors (Lipinski definition) is 2. The fourth-order valence-electron chi connectivity index (χ4n) is 0.785. The maximum atomic E-state index is 4.86. The van der Waals surface area contributed by atoms with Gasteiger partial charge in [-0.05, 0) is 18.2 Å². The van der Waals surface area contributed by atoms with Gasteiger partial charge in [0.1, 0.15) is 6.20 Å². The van der Waals surface area contributed by atoms with Crippen molar-refractivity contribution in [2.75, 3.05) is 0 Å². The van der Waals surface area contributed by atoms with Crippen LogP contribution in [0.5, 0.6) is 0 Å².